The van der Waals surface area contributed by atoms with E-state index in [1.807, 2.05) is 54.6 Å². The SMILES string of the molecule is NC(=NCCNc1ccc2ccccc2n1)Nc1ccc2c(c1)OCCCO2. The summed E-state index contributed by atoms with van der Waals surface area (Å²) in [6.45, 7) is 2.48. The minimum atomic E-state index is 0.350. The summed E-state index contributed by atoms with van der Waals surface area (Å²) in [4.78, 5) is 8.92. The van der Waals surface area contributed by atoms with Gasteiger partial charge in [0.1, 0.15) is 5.82 Å². The van der Waals surface area contributed by atoms with Gasteiger partial charge in [-0.05, 0) is 30.3 Å². The normalized spacial score (nSPS) is 13.8. The van der Waals surface area contributed by atoms with Crippen LogP contribution in [-0.4, -0.2) is 37.2 Å². The number of anilines is 2. The maximum atomic E-state index is 5.99. The third-order valence-electron chi connectivity index (χ3n) is 4.32. The number of guanidine groups is 1. The predicted octanol–water partition coefficient (Wildman–Crippen LogP) is 3.23. The zero-order chi connectivity index (χ0) is 19.2. The molecule has 1 aliphatic rings. The van der Waals surface area contributed by atoms with Crippen LogP contribution in [0, 0.1) is 0 Å². The number of nitrogens with zero attached hydrogens (tertiary/aromatic N) is 2. The third kappa shape index (κ3) is 4.43. The topological polar surface area (TPSA) is 93.8 Å². The van der Waals surface area contributed by atoms with Crippen molar-refractivity contribution in [2.45, 2.75) is 6.42 Å². The number of aliphatic imine (C=N–C) groups is 1. The zero-order valence-electron chi connectivity index (χ0n) is 15.5. The lowest BCUT2D eigenvalue weighted by atomic mass is 10.2. The number of pyridine rings is 1. The molecule has 1 aromatic heterocycles. The lowest BCUT2D eigenvalue weighted by Gasteiger charge is -2.11. The molecule has 0 spiro atoms. The van der Waals surface area contributed by atoms with Crippen LogP contribution in [0.15, 0.2) is 59.6 Å². The van der Waals surface area contributed by atoms with Crippen LogP contribution in [0.1, 0.15) is 6.42 Å². The summed E-state index contributed by atoms with van der Waals surface area (Å²) in [5.74, 6) is 2.65. The van der Waals surface area contributed by atoms with Crippen molar-refractivity contribution in [2.75, 3.05) is 36.9 Å². The summed E-state index contributed by atoms with van der Waals surface area (Å²) in [7, 11) is 0. The average molecular weight is 377 g/mol. The number of nitrogens with two attached hydrogens (primary N) is 1. The van der Waals surface area contributed by atoms with Crippen LogP contribution in [-0.2, 0) is 0 Å². The summed E-state index contributed by atoms with van der Waals surface area (Å²) in [5, 5.41) is 7.47. The Bertz CT molecular complexity index is 989. The molecule has 0 atom stereocenters. The molecule has 0 aliphatic carbocycles. The number of ether oxygens (including phenoxy) is 2. The summed E-state index contributed by atoms with van der Waals surface area (Å²) >= 11 is 0. The minimum absolute atomic E-state index is 0.350. The number of fused-ring (bicyclic) bond motifs is 2. The number of hydrogen-bond donors (Lipinski definition) is 3. The van der Waals surface area contributed by atoms with Crippen molar-refractivity contribution in [3.63, 3.8) is 0 Å². The molecular formula is C21H23N5O2. The van der Waals surface area contributed by atoms with E-state index in [0.29, 0.717) is 32.3 Å². The van der Waals surface area contributed by atoms with E-state index in [2.05, 4.69) is 20.6 Å². The Morgan fingerprint density at radius 2 is 1.89 bits per heavy atom. The van der Waals surface area contributed by atoms with Crippen molar-refractivity contribution in [1.29, 1.82) is 0 Å². The van der Waals surface area contributed by atoms with Crippen molar-refractivity contribution in [3.8, 4) is 11.5 Å². The second-order valence-electron chi connectivity index (χ2n) is 6.42. The minimum Gasteiger partial charge on any atom is -0.490 e. The molecule has 1 aliphatic heterocycles. The molecule has 2 heterocycles. The van der Waals surface area contributed by atoms with Crippen molar-refractivity contribution in [1.82, 2.24) is 4.98 Å². The Kier molecular flexibility index (Phi) is 5.42. The Morgan fingerprint density at radius 3 is 2.82 bits per heavy atom. The molecule has 144 valence electrons. The number of nitrogens with one attached hydrogen (secondary N) is 2. The highest BCUT2D eigenvalue weighted by Gasteiger charge is 2.10. The highest BCUT2D eigenvalue weighted by Crippen LogP contribution is 2.32. The predicted molar refractivity (Wildman–Crippen MR) is 112 cm³/mol. The van der Waals surface area contributed by atoms with Crippen molar-refractivity contribution < 1.29 is 9.47 Å². The maximum absolute atomic E-state index is 5.99. The van der Waals surface area contributed by atoms with E-state index in [4.69, 9.17) is 15.2 Å². The van der Waals surface area contributed by atoms with Gasteiger partial charge in [0.05, 0.1) is 25.3 Å². The van der Waals surface area contributed by atoms with E-state index in [1.165, 1.54) is 0 Å². The van der Waals surface area contributed by atoms with Gasteiger partial charge in [0.15, 0.2) is 17.5 Å². The Balaban J connectivity index is 1.30. The first kappa shape index (κ1) is 17.9. The van der Waals surface area contributed by atoms with E-state index in [1.54, 1.807) is 0 Å². The molecule has 4 rings (SSSR count). The van der Waals surface area contributed by atoms with Crippen LogP contribution in [0.5, 0.6) is 11.5 Å². The molecule has 3 aromatic rings. The molecule has 28 heavy (non-hydrogen) atoms. The Morgan fingerprint density at radius 1 is 1.04 bits per heavy atom. The van der Waals surface area contributed by atoms with E-state index < -0.39 is 0 Å². The molecule has 0 bridgehead atoms. The summed E-state index contributed by atoms with van der Waals surface area (Å²) in [5.41, 5.74) is 7.77. The van der Waals surface area contributed by atoms with Crippen LogP contribution >= 0.6 is 0 Å². The van der Waals surface area contributed by atoms with Crippen LogP contribution in [0.25, 0.3) is 10.9 Å². The first-order valence-corrected chi connectivity index (χ1v) is 9.34. The molecule has 0 saturated carbocycles. The second-order valence-corrected chi connectivity index (χ2v) is 6.42. The lowest BCUT2D eigenvalue weighted by Crippen LogP contribution is -2.23. The van der Waals surface area contributed by atoms with E-state index in [-0.39, 0.29) is 0 Å². The fourth-order valence-corrected chi connectivity index (χ4v) is 2.95. The highest BCUT2D eigenvalue weighted by atomic mass is 16.5. The van der Waals surface area contributed by atoms with Gasteiger partial charge < -0.3 is 25.8 Å². The third-order valence-corrected chi connectivity index (χ3v) is 4.32. The lowest BCUT2D eigenvalue weighted by molar-refractivity contribution is 0.297. The highest BCUT2D eigenvalue weighted by molar-refractivity contribution is 5.92. The monoisotopic (exact) mass is 377 g/mol. The number of hydrogen-bond acceptors (Lipinski definition) is 5. The molecule has 0 unspecified atom stereocenters. The standard InChI is InChI=1S/C21H23N5O2/c22-21(25-16-7-8-18-19(14-16)28-13-3-12-27-18)24-11-10-23-20-9-6-15-4-1-2-5-17(15)26-20/h1-2,4-9,14H,3,10-13H2,(H,23,26)(H3,22,24,25). The van der Waals surface area contributed by atoms with Crippen LogP contribution in [0.4, 0.5) is 11.5 Å². The van der Waals surface area contributed by atoms with Crippen molar-refractivity contribution in [2.24, 2.45) is 10.7 Å². The zero-order valence-corrected chi connectivity index (χ0v) is 15.5. The Labute approximate surface area is 163 Å². The maximum Gasteiger partial charge on any atom is 0.193 e. The van der Waals surface area contributed by atoms with Gasteiger partial charge in [-0.25, -0.2) is 4.98 Å². The van der Waals surface area contributed by atoms with E-state index in [0.717, 1.165) is 40.3 Å². The molecular weight excluding hydrogens is 354 g/mol. The van der Waals surface area contributed by atoms with Gasteiger partial charge in [-0.1, -0.05) is 18.2 Å². The summed E-state index contributed by atoms with van der Waals surface area (Å²) in [6, 6.07) is 17.7. The van der Waals surface area contributed by atoms with Gasteiger partial charge in [0.25, 0.3) is 0 Å². The molecule has 0 radical (unpaired) electrons. The van der Waals surface area contributed by atoms with E-state index >= 15 is 0 Å². The molecule has 7 heteroatoms. The quantitative estimate of drug-likeness (QED) is 0.359. The molecule has 4 N–H and O–H groups in total. The molecule has 7 nitrogen and oxygen atoms in total. The number of aromatic nitrogens is 1. The number of para-hydroxylation sites is 1. The molecule has 0 fully saturated rings. The first-order valence-electron chi connectivity index (χ1n) is 9.34. The van der Waals surface area contributed by atoms with Gasteiger partial charge >= 0.3 is 0 Å². The van der Waals surface area contributed by atoms with Crippen LogP contribution in [0.3, 0.4) is 0 Å². The summed E-state index contributed by atoms with van der Waals surface area (Å²) < 4.78 is 11.3. The fraction of sp³-hybridized carbons (Fsp3) is 0.238. The van der Waals surface area contributed by atoms with Crippen molar-refractivity contribution in [3.05, 3.63) is 54.6 Å². The van der Waals surface area contributed by atoms with Gasteiger partial charge in [-0.3, -0.25) is 4.99 Å². The summed E-state index contributed by atoms with van der Waals surface area (Å²) in [6.07, 6.45) is 0.875. The first-order chi connectivity index (χ1) is 13.8. The molecule has 0 amide bonds. The van der Waals surface area contributed by atoms with Crippen LogP contribution < -0.4 is 25.8 Å². The van der Waals surface area contributed by atoms with Gasteiger partial charge in [0, 0.05) is 30.1 Å². The second kappa shape index (κ2) is 8.47. The van der Waals surface area contributed by atoms with E-state index in [9.17, 15) is 0 Å². The van der Waals surface area contributed by atoms with Crippen LogP contribution in [0.2, 0.25) is 0 Å². The Hall–Kier alpha value is -3.48. The van der Waals surface area contributed by atoms with Crippen molar-refractivity contribution >= 4 is 28.4 Å². The largest absolute Gasteiger partial charge is 0.490 e. The van der Waals surface area contributed by atoms with Gasteiger partial charge in [-0.15, -0.1) is 0 Å². The number of benzene rings is 2. The smallest absolute Gasteiger partial charge is 0.193 e. The molecule has 2 aromatic carbocycles. The van der Waals surface area contributed by atoms with Gasteiger partial charge in [0.2, 0.25) is 0 Å². The van der Waals surface area contributed by atoms with Gasteiger partial charge in [-0.2, -0.15) is 0 Å². The molecule has 0 saturated heterocycles. The fourth-order valence-electron chi connectivity index (χ4n) is 2.95. The average Bonchev–Trinajstić information content (AvgIpc) is 2.96. The number of rotatable bonds is 5.